The summed E-state index contributed by atoms with van der Waals surface area (Å²) >= 11 is 0. The van der Waals surface area contributed by atoms with Crippen molar-refractivity contribution in [1.29, 1.82) is 0 Å². The summed E-state index contributed by atoms with van der Waals surface area (Å²) in [6.07, 6.45) is 0.0886. The number of esters is 2. The molecule has 1 aliphatic rings. The van der Waals surface area contributed by atoms with Crippen molar-refractivity contribution in [3.05, 3.63) is 65.7 Å². The van der Waals surface area contributed by atoms with Crippen LogP contribution in [-0.4, -0.2) is 31.1 Å². The Kier molecular flexibility index (Phi) is 4.15. The van der Waals surface area contributed by atoms with Crippen molar-refractivity contribution in [2.24, 2.45) is 0 Å². The van der Waals surface area contributed by atoms with Crippen molar-refractivity contribution in [2.45, 2.75) is 18.3 Å². The lowest BCUT2D eigenvalue weighted by molar-refractivity contribution is -0.144. The molecule has 5 nitrogen and oxygen atoms in total. The van der Waals surface area contributed by atoms with E-state index in [1.807, 2.05) is 54.6 Å². The Balaban J connectivity index is 2.04. The molecular weight excluding hydrogens is 342 g/mol. The van der Waals surface area contributed by atoms with Gasteiger partial charge in [-0.3, -0.25) is 9.59 Å². The number of aromatic nitrogens is 1. The number of para-hydroxylation sites is 1. The molecule has 1 heterocycles. The first-order valence-electron chi connectivity index (χ1n) is 8.73. The lowest BCUT2D eigenvalue weighted by Crippen LogP contribution is -2.32. The molecule has 4 rings (SSSR count). The van der Waals surface area contributed by atoms with Gasteiger partial charge in [-0.2, -0.15) is 0 Å². The number of pyridine rings is 1. The summed E-state index contributed by atoms with van der Waals surface area (Å²) in [4.78, 5) is 29.5. The van der Waals surface area contributed by atoms with Crippen LogP contribution in [0.15, 0.2) is 54.6 Å². The van der Waals surface area contributed by atoms with Gasteiger partial charge in [0.2, 0.25) is 0 Å². The average molecular weight is 361 g/mol. The Morgan fingerprint density at radius 1 is 0.889 bits per heavy atom. The fraction of sp³-hybridized carbons (Fsp3) is 0.227. The Bertz CT molecular complexity index is 1040. The zero-order chi connectivity index (χ0) is 19.0. The van der Waals surface area contributed by atoms with Crippen molar-refractivity contribution in [3.8, 4) is 11.3 Å². The fourth-order valence-corrected chi connectivity index (χ4v) is 4.02. The minimum Gasteiger partial charge on any atom is -0.469 e. The van der Waals surface area contributed by atoms with E-state index in [2.05, 4.69) is 0 Å². The number of hydrogen-bond acceptors (Lipinski definition) is 5. The Morgan fingerprint density at radius 2 is 1.52 bits per heavy atom. The van der Waals surface area contributed by atoms with Crippen molar-refractivity contribution < 1.29 is 19.1 Å². The number of fused-ring (bicyclic) bond motifs is 4. The highest BCUT2D eigenvalue weighted by Gasteiger charge is 2.47. The molecule has 5 heteroatoms. The van der Waals surface area contributed by atoms with Crippen LogP contribution in [0.4, 0.5) is 0 Å². The van der Waals surface area contributed by atoms with Gasteiger partial charge in [0.1, 0.15) is 0 Å². The van der Waals surface area contributed by atoms with Gasteiger partial charge in [-0.05, 0) is 23.3 Å². The number of benzene rings is 2. The van der Waals surface area contributed by atoms with E-state index in [4.69, 9.17) is 14.5 Å². The maximum Gasteiger partial charge on any atom is 0.306 e. The van der Waals surface area contributed by atoms with E-state index >= 15 is 0 Å². The third-order valence-corrected chi connectivity index (χ3v) is 5.28. The van der Waals surface area contributed by atoms with Gasteiger partial charge in [0.15, 0.2) is 0 Å². The zero-order valence-corrected chi connectivity index (χ0v) is 15.2. The second-order valence-corrected chi connectivity index (χ2v) is 6.71. The molecule has 0 bridgehead atoms. The first-order valence-corrected chi connectivity index (χ1v) is 8.73. The molecule has 0 radical (unpaired) electrons. The minimum absolute atomic E-state index is 0.0443. The number of carbonyl (C=O) groups excluding carboxylic acids is 2. The van der Waals surface area contributed by atoms with Gasteiger partial charge >= 0.3 is 11.9 Å². The van der Waals surface area contributed by atoms with E-state index in [0.29, 0.717) is 0 Å². The lowest BCUT2D eigenvalue weighted by Gasteiger charge is -2.29. The Labute approximate surface area is 156 Å². The van der Waals surface area contributed by atoms with E-state index in [1.54, 1.807) is 0 Å². The van der Waals surface area contributed by atoms with Crippen molar-refractivity contribution in [3.63, 3.8) is 0 Å². The van der Waals surface area contributed by atoms with Crippen LogP contribution in [0.25, 0.3) is 22.2 Å². The summed E-state index contributed by atoms with van der Waals surface area (Å²) in [6, 6.07) is 17.6. The van der Waals surface area contributed by atoms with Gasteiger partial charge in [0.25, 0.3) is 0 Å². The molecular formula is C22H19NO4. The van der Waals surface area contributed by atoms with Crippen molar-refractivity contribution >= 4 is 22.8 Å². The SMILES string of the molecule is COC(=O)CC1(CC(=O)OC)c2ccccc2-c2nc3ccccc3cc21. The normalized spacial score (nSPS) is 13.7. The standard InChI is InChI=1S/C22H19NO4/c1-26-19(24)12-22(13-20(25)27-2)16-9-5-4-8-15(16)21-17(22)11-14-7-3-6-10-18(14)23-21/h3-11H,12-13H2,1-2H3. The lowest BCUT2D eigenvalue weighted by atomic mass is 9.73. The number of rotatable bonds is 4. The number of hydrogen-bond donors (Lipinski definition) is 0. The molecule has 0 amide bonds. The summed E-state index contributed by atoms with van der Waals surface area (Å²) in [5.74, 6) is -0.760. The van der Waals surface area contributed by atoms with E-state index in [0.717, 1.165) is 33.3 Å². The molecule has 1 aromatic heterocycles. The van der Waals surface area contributed by atoms with Gasteiger partial charge in [-0.25, -0.2) is 4.98 Å². The first kappa shape index (κ1) is 17.2. The molecule has 2 aromatic carbocycles. The van der Waals surface area contributed by atoms with E-state index in [-0.39, 0.29) is 24.8 Å². The maximum absolute atomic E-state index is 12.3. The summed E-state index contributed by atoms with van der Waals surface area (Å²) < 4.78 is 9.92. The molecule has 0 unspecified atom stereocenters. The van der Waals surface area contributed by atoms with Gasteiger partial charge < -0.3 is 9.47 Å². The second-order valence-electron chi connectivity index (χ2n) is 6.71. The number of nitrogens with zero attached hydrogens (tertiary/aromatic N) is 1. The summed E-state index contributed by atoms with van der Waals surface area (Å²) in [7, 11) is 2.71. The quantitative estimate of drug-likeness (QED) is 0.664. The highest BCUT2D eigenvalue weighted by atomic mass is 16.5. The number of carbonyl (C=O) groups is 2. The highest BCUT2D eigenvalue weighted by molar-refractivity contribution is 5.91. The monoisotopic (exact) mass is 361 g/mol. The predicted octanol–water partition coefficient (Wildman–Crippen LogP) is 3.63. The molecule has 136 valence electrons. The second kappa shape index (κ2) is 6.50. The fourth-order valence-electron chi connectivity index (χ4n) is 4.02. The smallest absolute Gasteiger partial charge is 0.306 e. The number of ether oxygens (including phenoxy) is 2. The van der Waals surface area contributed by atoms with E-state index < -0.39 is 5.41 Å². The van der Waals surface area contributed by atoms with Crippen LogP contribution in [0.3, 0.4) is 0 Å². The molecule has 0 N–H and O–H groups in total. The van der Waals surface area contributed by atoms with Crippen molar-refractivity contribution in [1.82, 2.24) is 4.98 Å². The summed E-state index contributed by atoms with van der Waals surface area (Å²) in [5.41, 5.74) is 3.52. The van der Waals surface area contributed by atoms with E-state index in [1.165, 1.54) is 14.2 Å². The number of methoxy groups -OCH3 is 2. The third kappa shape index (κ3) is 2.67. The van der Waals surface area contributed by atoms with Crippen LogP contribution in [0.5, 0.6) is 0 Å². The van der Waals surface area contributed by atoms with Crippen LogP contribution in [-0.2, 0) is 24.5 Å². The molecule has 0 atom stereocenters. The highest BCUT2D eigenvalue weighted by Crippen LogP contribution is 2.52. The molecule has 0 aliphatic heterocycles. The van der Waals surface area contributed by atoms with Gasteiger partial charge in [-0.15, -0.1) is 0 Å². The van der Waals surface area contributed by atoms with Gasteiger partial charge in [-0.1, -0.05) is 42.5 Å². The Morgan fingerprint density at radius 3 is 2.22 bits per heavy atom. The molecule has 0 fully saturated rings. The molecule has 3 aromatic rings. The topological polar surface area (TPSA) is 65.5 Å². The molecule has 1 aliphatic carbocycles. The van der Waals surface area contributed by atoms with Crippen LogP contribution < -0.4 is 0 Å². The summed E-state index contributed by atoms with van der Waals surface area (Å²) in [6.45, 7) is 0. The van der Waals surface area contributed by atoms with Gasteiger partial charge in [0.05, 0.1) is 38.3 Å². The molecule has 0 saturated carbocycles. The maximum atomic E-state index is 12.3. The van der Waals surface area contributed by atoms with Crippen LogP contribution in [0, 0.1) is 0 Å². The van der Waals surface area contributed by atoms with E-state index in [9.17, 15) is 9.59 Å². The minimum atomic E-state index is -0.858. The van der Waals surface area contributed by atoms with Gasteiger partial charge in [0, 0.05) is 16.4 Å². The molecule has 27 heavy (non-hydrogen) atoms. The van der Waals surface area contributed by atoms with Crippen molar-refractivity contribution in [2.75, 3.05) is 14.2 Å². The average Bonchev–Trinajstić information content (AvgIpc) is 2.95. The summed E-state index contributed by atoms with van der Waals surface area (Å²) in [5, 5.41) is 0.961. The predicted molar refractivity (Wildman–Crippen MR) is 101 cm³/mol. The first-order chi connectivity index (χ1) is 13.1. The van der Waals surface area contributed by atoms with Crippen LogP contribution in [0.1, 0.15) is 24.0 Å². The molecule has 0 saturated heterocycles. The van der Waals surface area contributed by atoms with Crippen LogP contribution >= 0.6 is 0 Å². The Hall–Kier alpha value is -3.21. The zero-order valence-electron chi connectivity index (χ0n) is 15.2. The van der Waals surface area contributed by atoms with Crippen LogP contribution in [0.2, 0.25) is 0 Å². The third-order valence-electron chi connectivity index (χ3n) is 5.28. The molecule has 0 spiro atoms. The largest absolute Gasteiger partial charge is 0.469 e.